The molecule has 0 saturated carbocycles. The van der Waals surface area contributed by atoms with E-state index in [2.05, 4.69) is 53.6 Å². The van der Waals surface area contributed by atoms with Crippen LogP contribution in [0.5, 0.6) is 5.75 Å². The van der Waals surface area contributed by atoms with E-state index in [-0.39, 0.29) is 35.4 Å². The summed E-state index contributed by atoms with van der Waals surface area (Å²) in [7, 11) is 0. The molecule has 0 fully saturated rings. The average molecular weight is 510 g/mol. The van der Waals surface area contributed by atoms with Gasteiger partial charge in [-0.05, 0) is 60.6 Å². The Hall–Kier alpha value is -4.06. The van der Waals surface area contributed by atoms with Crippen molar-refractivity contribution < 1.29 is 14.7 Å². The van der Waals surface area contributed by atoms with Crippen LogP contribution in [0.1, 0.15) is 49.4 Å². The van der Waals surface area contributed by atoms with Gasteiger partial charge >= 0.3 is 0 Å². The molecule has 2 aliphatic rings. The Balaban J connectivity index is 1.50. The lowest BCUT2D eigenvalue weighted by atomic mass is 9.73. The SMILES string of the molecule is Cc1ccc(C2C3=C(CC(C)(C)CC3=O)Nc3ccccc3N2CC(=O)NCCc2ccc(O)cc2)cc1. The Bertz CT molecular complexity index is 1370. The highest BCUT2D eigenvalue weighted by Crippen LogP contribution is 2.48. The number of anilines is 2. The predicted octanol–water partition coefficient (Wildman–Crippen LogP) is 5.68. The number of nitrogens with one attached hydrogen (secondary N) is 2. The van der Waals surface area contributed by atoms with Crippen LogP contribution in [0.4, 0.5) is 11.4 Å². The average Bonchev–Trinajstić information content (AvgIpc) is 2.99. The quantitative estimate of drug-likeness (QED) is 0.399. The number of fused-ring (bicyclic) bond motifs is 1. The van der Waals surface area contributed by atoms with Crippen LogP contribution in [0, 0.1) is 12.3 Å². The molecule has 0 radical (unpaired) electrons. The molecule has 0 saturated heterocycles. The van der Waals surface area contributed by atoms with Crippen LogP contribution < -0.4 is 15.5 Å². The van der Waals surface area contributed by atoms with E-state index in [0.717, 1.165) is 45.8 Å². The highest BCUT2D eigenvalue weighted by atomic mass is 16.3. The lowest BCUT2D eigenvalue weighted by Crippen LogP contribution is -2.42. The standard InChI is InChI=1S/C32H35N3O3/c1-21-8-12-23(13-9-21)31-30-26(18-32(2,3)19-28(30)37)34-25-6-4-5-7-27(25)35(31)20-29(38)33-17-16-22-10-14-24(36)15-11-22/h4-15,31,34,36H,16-20H2,1-3H3,(H,33,38). The Kier molecular flexibility index (Phi) is 6.98. The Morgan fingerprint density at radius 3 is 2.47 bits per heavy atom. The van der Waals surface area contributed by atoms with Crippen molar-refractivity contribution in [3.05, 3.63) is 101 Å². The zero-order valence-corrected chi connectivity index (χ0v) is 22.3. The fourth-order valence-electron chi connectivity index (χ4n) is 5.54. The Morgan fingerprint density at radius 2 is 1.74 bits per heavy atom. The largest absolute Gasteiger partial charge is 0.508 e. The number of hydrogen-bond donors (Lipinski definition) is 3. The number of hydrogen-bond acceptors (Lipinski definition) is 5. The van der Waals surface area contributed by atoms with Gasteiger partial charge < -0.3 is 20.6 Å². The van der Waals surface area contributed by atoms with Gasteiger partial charge in [-0.25, -0.2) is 0 Å². The molecule has 1 aliphatic heterocycles. The predicted molar refractivity (Wildman–Crippen MR) is 151 cm³/mol. The molecule has 6 heteroatoms. The van der Waals surface area contributed by atoms with E-state index in [4.69, 9.17) is 0 Å². The van der Waals surface area contributed by atoms with Gasteiger partial charge in [-0.3, -0.25) is 9.59 Å². The van der Waals surface area contributed by atoms with Crippen molar-refractivity contribution in [2.24, 2.45) is 5.41 Å². The molecule has 1 heterocycles. The van der Waals surface area contributed by atoms with Crippen molar-refractivity contribution in [3.8, 4) is 5.75 Å². The number of benzene rings is 3. The van der Waals surface area contributed by atoms with Gasteiger partial charge in [0.15, 0.2) is 5.78 Å². The highest BCUT2D eigenvalue weighted by molar-refractivity contribution is 6.01. The molecule has 38 heavy (non-hydrogen) atoms. The first-order valence-corrected chi connectivity index (χ1v) is 13.2. The second-order valence-corrected chi connectivity index (χ2v) is 11.2. The first kappa shape index (κ1) is 25.6. The van der Waals surface area contributed by atoms with Crippen LogP contribution in [0.3, 0.4) is 0 Å². The van der Waals surface area contributed by atoms with E-state index in [1.54, 1.807) is 12.1 Å². The number of amides is 1. The van der Waals surface area contributed by atoms with Gasteiger partial charge in [-0.15, -0.1) is 0 Å². The number of allylic oxidation sites excluding steroid dienone is 1. The van der Waals surface area contributed by atoms with E-state index in [9.17, 15) is 14.7 Å². The lowest BCUT2D eigenvalue weighted by molar-refractivity contribution is -0.120. The van der Waals surface area contributed by atoms with Crippen molar-refractivity contribution in [1.82, 2.24) is 5.32 Å². The Labute approximate surface area is 224 Å². The number of carbonyl (C=O) groups is 2. The normalized spacial score (nSPS) is 18.2. The van der Waals surface area contributed by atoms with E-state index in [1.165, 1.54) is 0 Å². The molecule has 196 valence electrons. The topological polar surface area (TPSA) is 81.7 Å². The molecule has 1 unspecified atom stereocenters. The second kappa shape index (κ2) is 10.4. The van der Waals surface area contributed by atoms with Gasteiger partial charge in [0.1, 0.15) is 5.75 Å². The van der Waals surface area contributed by atoms with Crippen LogP contribution >= 0.6 is 0 Å². The zero-order valence-electron chi connectivity index (χ0n) is 22.3. The van der Waals surface area contributed by atoms with Gasteiger partial charge in [0.05, 0.1) is 24.0 Å². The van der Waals surface area contributed by atoms with Crippen molar-refractivity contribution in [3.63, 3.8) is 0 Å². The summed E-state index contributed by atoms with van der Waals surface area (Å²) in [4.78, 5) is 29.1. The van der Waals surface area contributed by atoms with Crippen LogP contribution in [-0.2, 0) is 16.0 Å². The van der Waals surface area contributed by atoms with Crippen LogP contribution in [0.15, 0.2) is 84.1 Å². The van der Waals surface area contributed by atoms with E-state index in [0.29, 0.717) is 19.4 Å². The molecule has 3 aromatic rings. The number of ketones is 1. The summed E-state index contributed by atoms with van der Waals surface area (Å²) in [5, 5.41) is 16.2. The maximum atomic E-state index is 13.7. The summed E-state index contributed by atoms with van der Waals surface area (Å²) in [6, 6.07) is 22.9. The third-order valence-electron chi connectivity index (χ3n) is 7.38. The number of Topliss-reactive ketones (excluding diaryl/α,β-unsaturated/α-hetero) is 1. The number of aromatic hydroxyl groups is 1. The van der Waals surface area contributed by atoms with E-state index in [1.807, 2.05) is 43.3 Å². The van der Waals surface area contributed by atoms with Gasteiger partial charge in [0, 0.05) is 24.2 Å². The smallest absolute Gasteiger partial charge is 0.239 e. The highest BCUT2D eigenvalue weighted by Gasteiger charge is 2.41. The number of para-hydroxylation sites is 2. The summed E-state index contributed by atoms with van der Waals surface area (Å²) in [5.41, 5.74) is 6.52. The molecular weight excluding hydrogens is 474 g/mol. The molecule has 6 nitrogen and oxygen atoms in total. The van der Waals surface area contributed by atoms with Crippen molar-refractivity contribution in [1.29, 1.82) is 0 Å². The summed E-state index contributed by atoms with van der Waals surface area (Å²) in [6.45, 7) is 6.90. The summed E-state index contributed by atoms with van der Waals surface area (Å²) in [5.74, 6) is 0.242. The molecule has 1 aliphatic carbocycles. The number of nitrogens with zero attached hydrogens (tertiary/aromatic N) is 1. The summed E-state index contributed by atoms with van der Waals surface area (Å²) in [6.07, 6.45) is 1.89. The number of carbonyl (C=O) groups excluding carboxylic acids is 2. The number of phenolic OH excluding ortho intramolecular Hbond substituents is 1. The second-order valence-electron chi connectivity index (χ2n) is 11.2. The fourth-order valence-corrected chi connectivity index (χ4v) is 5.54. The molecule has 3 aromatic carbocycles. The van der Waals surface area contributed by atoms with Crippen LogP contribution in [0.25, 0.3) is 0 Å². The fraction of sp³-hybridized carbons (Fsp3) is 0.312. The molecule has 5 rings (SSSR count). The number of phenols is 1. The van der Waals surface area contributed by atoms with Gasteiger partial charge in [-0.1, -0.05) is 67.9 Å². The third kappa shape index (κ3) is 5.44. The molecule has 3 N–H and O–H groups in total. The minimum Gasteiger partial charge on any atom is -0.508 e. The number of rotatable bonds is 6. The molecule has 1 amide bonds. The monoisotopic (exact) mass is 509 g/mol. The van der Waals surface area contributed by atoms with Crippen molar-refractivity contribution in [2.75, 3.05) is 23.3 Å². The first-order valence-electron chi connectivity index (χ1n) is 13.2. The molecule has 1 atom stereocenters. The van der Waals surface area contributed by atoms with Crippen LogP contribution in [0.2, 0.25) is 0 Å². The number of aryl methyl sites for hydroxylation is 1. The van der Waals surface area contributed by atoms with Crippen LogP contribution in [-0.4, -0.2) is 29.9 Å². The van der Waals surface area contributed by atoms with E-state index < -0.39 is 0 Å². The van der Waals surface area contributed by atoms with E-state index >= 15 is 0 Å². The Morgan fingerprint density at radius 1 is 1.03 bits per heavy atom. The minimum absolute atomic E-state index is 0.108. The van der Waals surface area contributed by atoms with Crippen molar-refractivity contribution >= 4 is 23.1 Å². The lowest BCUT2D eigenvalue weighted by Gasteiger charge is -2.38. The summed E-state index contributed by atoms with van der Waals surface area (Å²) >= 11 is 0. The molecule has 0 bridgehead atoms. The first-order chi connectivity index (χ1) is 18.2. The minimum atomic E-state index is -0.381. The van der Waals surface area contributed by atoms with Gasteiger partial charge in [0.2, 0.25) is 5.91 Å². The third-order valence-corrected chi connectivity index (χ3v) is 7.38. The molecular formula is C32H35N3O3. The zero-order chi connectivity index (χ0) is 26.9. The molecule has 0 spiro atoms. The maximum absolute atomic E-state index is 13.7. The van der Waals surface area contributed by atoms with Gasteiger partial charge in [-0.2, -0.15) is 0 Å². The van der Waals surface area contributed by atoms with Crippen molar-refractivity contribution in [2.45, 2.75) is 46.1 Å². The van der Waals surface area contributed by atoms with Gasteiger partial charge in [0.25, 0.3) is 0 Å². The summed E-state index contributed by atoms with van der Waals surface area (Å²) < 4.78 is 0. The maximum Gasteiger partial charge on any atom is 0.239 e. The molecule has 0 aromatic heterocycles.